The molecule has 5 heteroatoms. The number of hydrogen-bond acceptors (Lipinski definition) is 4. The lowest BCUT2D eigenvalue weighted by atomic mass is 10.1. The van der Waals surface area contributed by atoms with Gasteiger partial charge >= 0.3 is 0 Å². The maximum atomic E-state index is 12.8. The minimum absolute atomic E-state index is 0.000684. The van der Waals surface area contributed by atoms with Gasteiger partial charge in [0.1, 0.15) is 11.3 Å². The Morgan fingerprint density at radius 3 is 2.41 bits per heavy atom. The van der Waals surface area contributed by atoms with Crippen LogP contribution in [0.3, 0.4) is 0 Å². The Labute approximate surface area is 160 Å². The van der Waals surface area contributed by atoms with E-state index < -0.39 is 0 Å². The first-order valence-electron chi connectivity index (χ1n) is 8.89. The number of ether oxygens (including phenoxy) is 1. The van der Waals surface area contributed by atoms with Crippen LogP contribution < -0.4 is 4.74 Å². The molecule has 140 valence electrons. The van der Waals surface area contributed by atoms with Gasteiger partial charge in [-0.05, 0) is 49.5 Å². The molecule has 0 N–H and O–H groups in total. The molecule has 0 fully saturated rings. The molecule has 0 aliphatic carbocycles. The van der Waals surface area contributed by atoms with E-state index in [0.29, 0.717) is 12.1 Å². The predicted octanol–water partition coefficient (Wildman–Crippen LogP) is 3.58. The number of methoxy groups -OCH3 is 1. The van der Waals surface area contributed by atoms with Crippen molar-refractivity contribution in [2.75, 3.05) is 28.3 Å². The van der Waals surface area contributed by atoms with E-state index in [1.54, 1.807) is 18.2 Å². The van der Waals surface area contributed by atoms with Crippen LogP contribution in [-0.2, 0) is 13.1 Å². The summed E-state index contributed by atoms with van der Waals surface area (Å²) in [6.07, 6.45) is 1.75. The SMILES string of the molecule is COc1ccc(CN(C)C(=O)c2ccc(CN(C)C)cc2)c2cccnc12. The van der Waals surface area contributed by atoms with Gasteiger partial charge in [-0.3, -0.25) is 9.78 Å². The molecule has 0 radical (unpaired) electrons. The Morgan fingerprint density at radius 1 is 1.00 bits per heavy atom. The van der Waals surface area contributed by atoms with E-state index in [0.717, 1.165) is 28.8 Å². The number of rotatable bonds is 6. The lowest BCUT2D eigenvalue weighted by Crippen LogP contribution is -2.26. The monoisotopic (exact) mass is 363 g/mol. The second-order valence-electron chi connectivity index (χ2n) is 6.92. The molecule has 0 aliphatic heterocycles. The maximum Gasteiger partial charge on any atom is 0.253 e. The summed E-state index contributed by atoms with van der Waals surface area (Å²) in [6.45, 7) is 1.36. The Bertz CT molecular complexity index is 936. The number of fused-ring (bicyclic) bond motifs is 1. The average Bonchev–Trinajstić information content (AvgIpc) is 2.68. The van der Waals surface area contributed by atoms with E-state index in [4.69, 9.17) is 4.74 Å². The van der Waals surface area contributed by atoms with Crippen molar-refractivity contribution in [2.24, 2.45) is 0 Å². The third-order valence-electron chi connectivity index (χ3n) is 4.50. The van der Waals surface area contributed by atoms with Crippen LogP contribution in [0.2, 0.25) is 0 Å². The van der Waals surface area contributed by atoms with Gasteiger partial charge in [0.15, 0.2) is 0 Å². The second-order valence-corrected chi connectivity index (χ2v) is 6.92. The normalized spacial score (nSPS) is 11.0. The van der Waals surface area contributed by atoms with E-state index in [9.17, 15) is 4.79 Å². The summed E-state index contributed by atoms with van der Waals surface area (Å²) in [6, 6.07) is 15.6. The molecule has 0 saturated carbocycles. The summed E-state index contributed by atoms with van der Waals surface area (Å²) in [5.41, 5.74) is 3.73. The number of nitrogens with zero attached hydrogens (tertiary/aromatic N) is 3. The molecule has 5 nitrogen and oxygen atoms in total. The standard InChI is InChI=1S/C22H25N3O2/c1-24(2)14-16-7-9-17(10-8-16)22(26)25(3)15-18-11-12-20(27-4)21-19(18)6-5-13-23-21/h5-13H,14-15H2,1-4H3. The summed E-state index contributed by atoms with van der Waals surface area (Å²) < 4.78 is 5.40. The predicted molar refractivity (Wildman–Crippen MR) is 108 cm³/mol. The Morgan fingerprint density at radius 2 is 1.74 bits per heavy atom. The van der Waals surface area contributed by atoms with Gasteiger partial charge < -0.3 is 14.5 Å². The van der Waals surface area contributed by atoms with Crippen LogP contribution in [0.25, 0.3) is 10.9 Å². The van der Waals surface area contributed by atoms with Crippen LogP contribution in [0.1, 0.15) is 21.5 Å². The van der Waals surface area contributed by atoms with Crippen molar-refractivity contribution in [3.05, 3.63) is 71.4 Å². The fraction of sp³-hybridized carbons (Fsp3) is 0.273. The second kappa shape index (κ2) is 8.18. The largest absolute Gasteiger partial charge is 0.494 e. The molecule has 0 spiro atoms. The highest BCUT2D eigenvalue weighted by molar-refractivity contribution is 5.94. The lowest BCUT2D eigenvalue weighted by Gasteiger charge is -2.19. The summed E-state index contributed by atoms with van der Waals surface area (Å²) in [5.74, 6) is 0.735. The molecule has 1 aromatic heterocycles. The summed E-state index contributed by atoms with van der Waals surface area (Å²) in [4.78, 5) is 21.1. The third-order valence-corrected chi connectivity index (χ3v) is 4.50. The van der Waals surface area contributed by atoms with Crippen molar-refractivity contribution in [1.82, 2.24) is 14.8 Å². The molecule has 0 atom stereocenters. The van der Waals surface area contributed by atoms with Crippen LogP contribution >= 0.6 is 0 Å². The van der Waals surface area contributed by atoms with Crippen LogP contribution in [-0.4, -0.2) is 48.9 Å². The highest BCUT2D eigenvalue weighted by Crippen LogP contribution is 2.27. The Kier molecular flexibility index (Phi) is 5.72. The topological polar surface area (TPSA) is 45.7 Å². The Hall–Kier alpha value is -2.92. The van der Waals surface area contributed by atoms with Gasteiger partial charge in [-0.15, -0.1) is 0 Å². The molecule has 0 saturated heterocycles. The lowest BCUT2D eigenvalue weighted by molar-refractivity contribution is 0.0785. The molecule has 0 aliphatic rings. The molecule has 1 amide bonds. The minimum Gasteiger partial charge on any atom is -0.494 e. The van der Waals surface area contributed by atoms with Crippen LogP contribution in [0.15, 0.2) is 54.7 Å². The highest BCUT2D eigenvalue weighted by Gasteiger charge is 2.15. The molecular formula is C22H25N3O2. The number of carbonyl (C=O) groups excluding carboxylic acids is 1. The van der Waals surface area contributed by atoms with Gasteiger partial charge in [-0.2, -0.15) is 0 Å². The molecule has 1 heterocycles. The number of carbonyl (C=O) groups is 1. The van der Waals surface area contributed by atoms with E-state index in [2.05, 4.69) is 9.88 Å². The number of hydrogen-bond donors (Lipinski definition) is 0. The third kappa shape index (κ3) is 4.26. The van der Waals surface area contributed by atoms with Gasteiger partial charge in [0.25, 0.3) is 5.91 Å². The zero-order valence-electron chi connectivity index (χ0n) is 16.3. The average molecular weight is 363 g/mol. The summed E-state index contributed by atoms with van der Waals surface area (Å²) in [5, 5.41) is 0.998. The molecule has 0 bridgehead atoms. The van der Waals surface area contributed by atoms with Crippen molar-refractivity contribution < 1.29 is 9.53 Å². The summed E-state index contributed by atoms with van der Waals surface area (Å²) in [7, 11) is 7.52. The highest BCUT2D eigenvalue weighted by atomic mass is 16.5. The number of aromatic nitrogens is 1. The quantitative estimate of drug-likeness (QED) is 0.672. The smallest absolute Gasteiger partial charge is 0.253 e. The first-order valence-corrected chi connectivity index (χ1v) is 8.89. The maximum absolute atomic E-state index is 12.8. The molecule has 3 aromatic rings. The van der Waals surface area contributed by atoms with Crippen molar-refractivity contribution in [2.45, 2.75) is 13.1 Å². The number of pyridine rings is 1. The molecule has 2 aromatic carbocycles. The van der Waals surface area contributed by atoms with Gasteiger partial charge in [0, 0.05) is 37.3 Å². The minimum atomic E-state index is -0.000684. The molecular weight excluding hydrogens is 338 g/mol. The molecule has 0 unspecified atom stereocenters. The zero-order valence-corrected chi connectivity index (χ0v) is 16.3. The van der Waals surface area contributed by atoms with Crippen LogP contribution in [0, 0.1) is 0 Å². The summed E-state index contributed by atoms with van der Waals surface area (Å²) >= 11 is 0. The molecule has 3 rings (SSSR count). The van der Waals surface area contributed by atoms with Crippen LogP contribution in [0.5, 0.6) is 5.75 Å². The number of benzene rings is 2. The first kappa shape index (κ1) is 18.9. The van der Waals surface area contributed by atoms with Crippen LogP contribution in [0.4, 0.5) is 0 Å². The number of amides is 1. The fourth-order valence-corrected chi connectivity index (χ4v) is 3.17. The molecule has 27 heavy (non-hydrogen) atoms. The van der Waals surface area contributed by atoms with E-state index in [-0.39, 0.29) is 5.91 Å². The van der Waals surface area contributed by atoms with Gasteiger partial charge in [-0.25, -0.2) is 0 Å². The van der Waals surface area contributed by atoms with Crippen molar-refractivity contribution in [1.29, 1.82) is 0 Å². The zero-order chi connectivity index (χ0) is 19.4. The van der Waals surface area contributed by atoms with Crippen molar-refractivity contribution in [3.63, 3.8) is 0 Å². The van der Waals surface area contributed by atoms with Gasteiger partial charge in [-0.1, -0.05) is 24.3 Å². The van der Waals surface area contributed by atoms with Gasteiger partial charge in [0.2, 0.25) is 0 Å². The van der Waals surface area contributed by atoms with E-state index >= 15 is 0 Å². The first-order chi connectivity index (χ1) is 13.0. The van der Waals surface area contributed by atoms with Crippen molar-refractivity contribution >= 4 is 16.8 Å². The Balaban J connectivity index is 1.80. The van der Waals surface area contributed by atoms with E-state index in [1.165, 1.54) is 5.56 Å². The van der Waals surface area contributed by atoms with Gasteiger partial charge in [0.05, 0.1) is 7.11 Å². The van der Waals surface area contributed by atoms with E-state index in [1.807, 2.05) is 69.7 Å². The van der Waals surface area contributed by atoms with Crippen molar-refractivity contribution in [3.8, 4) is 5.75 Å². The fourth-order valence-electron chi connectivity index (χ4n) is 3.17.